The first kappa shape index (κ1) is 11.5. The summed E-state index contributed by atoms with van der Waals surface area (Å²) in [4.78, 5) is 11.5. The second-order valence-electron chi connectivity index (χ2n) is 3.67. The Morgan fingerprint density at radius 2 is 2.36 bits per heavy atom. The van der Waals surface area contributed by atoms with Crippen molar-refractivity contribution >= 4 is 33.4 Å². The Hall–Kier alpha value is -0.550. The molecule has 1 heterocycles. The van der Waals surface area contributed by atoms with E-state index in [1.165, 1.54) is 0 Å². The van der Waals surface area contributed by atoms with Gasteiger partial charge in [0.1, 0.15) is 0 Å². The minimum Gasteiger partial charge on any atom is -0.465 e. The normalized spacial score (nSPS) is 11.4. The number of hydrogen-bond acceptors (Lipinski definition) is 2. The first-order chi connectivity index (χ1) is 6.42. The lowest BCUT2D eigenvalue weighted by molar-refractivity contribution is 0.192. The van der Waals surface area contributed by atoms with Crippen molar-refractivity contribution in [2.24, 2.45) is 0 Å². The maximum Gasteiger partial charge on any atom is 0.404 e. The summed E-state index contributed by atoms with van der Waals surface area (Å²) < 4.78 is 1.04. The summed E-state index contributed by atoms with van der Waals surface area (Å²) in [5.74, 6) is 0. The average molecular weight is 278 g/mol. The molecule has 5 heteroatoms. The molecule has 0 unspecified atom stereocenters. The van der Waals surface area contributed by atoms with E-state index in [4.69, 9.17) is 5.11 Å². The molecule has 1 amide bonds. The van der Waals surface area contributed by atoms with Gasteiger partial charge in [-0.05, 0) is 22.0 Å². The molecule has 0 atom stereocenters. The molecule has 0 spiro atoms. The molecule has 2 N–H and O–H groups in total. The monoisotopic (exact) mass is 277 g/mol. The summed E-state index contributed by atoms with van der Waals surface area (Å²) in [7, 11) is 0. The number of carboxylic acid groups (broad SMARTS) is 1. The topological polar surface area (TPSA) is 49.3 Å². The first-order valence-electron chi connectivity index (χ1n) is 4.13. The molecule has 0 radical (unpaired) electrons. The number of halogens is 1. The molecule has 0 aliphatic rings. The lowest BCUT2D eigenvalue weighted by atomic mass is 9.91. The van der Waals surface area contributed by atoms with Crippen LogP contribution in [-0.4, -0.2) is 17.7 Å². The van der Waals surface area contributed by atoms with Crippen molar-refractivity contribution in [3.63, 3.8) is 0 Å². The highest BCUT2D eigenvalue weighted by atomic mass is 79.9. The molecule has 3 nitrogen and oxygen atoms in total. The summed E-state index contributed by atoms with van der Waals surface area (Å²) in [6.07, 6.45) is -0.978. The van der Waals surface area contributed by atoms with Crippen LogP contribution in [0.1, 0.15) is 18.7 Å². The molecule has 0 saturated carbocycles. The molecule has 0 aromatic carbocycles. The highest BCUT2D eigenvalue weighted by Gasteiger charge is 2.22. The molecule has 0 fully saturated rings. The zero-order valence-electron chi connectivity index (χ0n) is 8.00. The van der Waals surface area contributed by atoms with Crippen LogP contribution in [0.25, 0.3) is 0 Å². The average Bonchev–Trinajstić information content (AvgIpc) is 2.49. The Kier molecular flexibility index (Phi) is 3.55. The molecular weight excluding hydrogens is 266 g/mol. The molecule has 14 heavy (non-hydrogen) atoms. The van der Waals surface area contributed by atoms with Crippen LogP contribution >= 0.6 is 27.3 Å². The summed E-state index contributed by atoms with van der Waals surface area (Å²) in [6, 6.07) is 2.02. The van der Waals surface area contributed by atoms with E-state index in [1.54, 1.807) is 11.3 Å². The Bertz CT molecular complexity index is 335. The second-order valence-corrected chi connectivity index (χ2v) is 5.50. The van der Waals surface area contributed by atoms with Gasteiger partial charge in [-0.2, -0.15) is 0 Å². The van der Waals surface area contributed by atoms with Crippen LogP contribution in [0, 0.1) is 0 Å². The van der Waals surface area contributed by atoms with Gasteiger partial charge in [-0.1, -0.05) is 13.8 Å². The molecule has 1 aromatic heterocycles. The third-order valence-electron chi connectivity index (χ3n) is 1.92. The third kappa shape index (κ3) is 2.99. The van der Waals surface area contributed by atoms with E-state index in [2.05, 4.69) is 21.2 Å². The van der Waals surface area contributed by atoms with Crippen LogP contribution < -0.4 is 5.32 Å². The maximum absolute atomic E-state index is 10.4. The lowest BCUT2D eigenvalue weighted by Crippen LogP contribution is -2.35. The molecule has 0 aliphatic heterocycles. The Labute approximate surface area is 95.3 Å². The van der Waals surface area contributed by atoms with E-state index in [-0.39, 0.29) is 5.41 Å². The standard InChI is InChI=1S/C9H12BrNO2S/c1-9(2,5-11-8(12)13)7-3-6(10)4-14-7/h3-4,11H,5H2,1-2H3,(H,12,13). The summed E-state index contributed by atoms with van der Waals surface area (Å²) in [6.45, 7) is 4.46. The minimum absolute atomic E-state index is 0.158. The SMILES string of the molecule is CC(C)(CNC(=O)O)c1cc(Br)cs1. The van der Waals surface area contributed by atoms with Crippen LogP contribution in [0.4, 0.5) is 4.79 Å². The zero-order valence-corrected chi connectivity index (χ0v) is 10.4. The number of hydrogen-bond donors (Lipinski definition) is 2. The van der Waals surface area contributed by atoms with Gasteiger partial charge >= 0.3 is 6.09 Å². The maximum atomic E-state index is 10.4. The van der Waals surface area contributed by atoms with Crippen LogP contribution in [0.3, 0.4) is 0 Å². The predicted molar refractivity (Wildman–Crippen MR) is 61.1 cm³/mol. The van der Waals surface area contributed by atoms with Crippen LogP contribution in [-0.2, 0) is 5.41 Å². The van der Waals surface area contributed by atoms with Crippen molar-refractivity contribution in [3.05, 3.63) is 20.8 Å². The van der Waals surface area contributed by atoms with Gasteiger partial charge in [0.2, 0.25) is 0 Å². The van der Waals surface area contributed by atoms with E-state index in [1.807, 2.05) is 25.3 Å². The molecule has 1 rings (SSSR count). The molecular formula is C9H12BrNO2S. The van der Waals surface area contributed by atoms with E-state index in [9.17, 15) is 4.79 Å². The molecule has 0 saturated heterocycles. The van der Waals surface area contributed by atoms with Gasteiger partial charge in [-0.15, -0.1) is 11.3 Å². The lowest BCUT2D eigenvalue weighted by Gasteiger charge is -2.22. The Balaban J connectivity index is 2.69. The largest absolute Gasteiger partial charge is 0.465 e. The Morgan fingerprint density at radius 3 is 2.79 bits per heavy atom. The van der Waals surface area contributed by atoms with Crippen LogP contribution in [0.5, 0.6) is 0 Å². The first-order valence-corrected chi connectivity index (χ1v) is 5.80. The van der Waals surface area contributed by atoms with E-state index in [0.29, 0.717) is 6.54 Å². The minimum atomic E-state index is -0.978. The summed E-state index contributed by atoms with van der Waals surface area (Å²) in [5, 5.41) is 12.9. The molecule has 1 aromatic rings. The van der Waals surface area contributed by atoms with Gasteiger partial charge in [0, 0.05) is 26.7 Å². The van der Waals surface area contributed by atoms with Crippen molar-refractivity contribution in [2.45, 2.75) is 19.3 Å². The fourth-order valence-corrected chi connectivity index (χ4v) is 2.61. The van der Waals surface area contributed by atoms with Crippen molar-refractivity contribution < 1.29 is 9.90 Å². The number of carbonyl (C=O) groups is 1. The van der Waals surface area contributed by atoms with Gasteiger partial charge in [0.05, 0.1) is 0 Å². The van der Waals surface area contributed by atoms with Gasteiger partial charge in [0.15, 0.2) is 0 Å². The van der Waals surface area contributed by atoms with Crippen molar-refractivity contribution in [1.29, 1.82) is 0 Å². The van der Waals surface area contributed by atoms with Crippen LogP contribution in [0.15, 0.2) is 15.9 Å². The highest BCUT2D eigenvalue weighted by Crippen LogP contribution is 2.30. The van der Waals surface area contributed by atoms with E-state index < -0.39 is 6.09 Å². The predicted octanol–water partition coefficient (Wildman–Crippen LogP) is 3.06. The fourth-order valence-electron chi connectivity index (χ4n) is 1.05. The van der Waals surface area contributed by atoms with Gasteiger partial charge < -0.3 is 10.4 Å². The van der Waals surface area contributed by atoms with Gasteiger partial charge in [-0.3, -0.25) is 0 Å². The summed E-state index contributed by atoms with van der Waals surface area (Å²) in [5.41, 5.74) is -0.158. The quantitative estimate of drug-likeness (QED) is 0.892. The van der Waals surface area contributed by atoms with Gasteiger partial charge in [0.25, 0.3) is 0 Å². The number of thiophene rings is 1. The molecule has 78 valence electrons. The van der Waals surface area contributed by atoms with Crippen molar-refractivity contribution in [1.82, 2.24) is 5.32 Å². The fraction of sp³-hybridized carbons (Fsp3) is 0.444. The second kappa shape index (κ2) is 4.31. The van der Waals surface area contributed by atoms with E-state index in [0.717, 1.165) is 9.35 Å². The molecule has 0 bridgehead atoms. The molecule has 0 aliphatic carbocycles. The third-order valence-corrected chi connectivity index (χ3v) is 3.97. The van der Waals surface area contributed by atoms with Crippen LogP contribution in [0.2, 0.25) is 0 Å². The Morgan fingerprint density at radius 1 is 1.71 bits per heavy atom. The summed E-state index contributed by atoms with van der Waals surface area (Å²) >= 11 is 5.01. The van der Waals surface area contributed by atoms with Crippen molar-refractivity contribution in [3.8, 4) is 0 Å². The van der Waals surface area contributed by atoms with E-state index >= 15 is 0 Å². The zero-order chi connectivity index (χ0) is 10.8. The highest BCUT2D eigenvalue weighted by molar-refractivity contribution is 9.10. The number of nitrogens with one attached hydrogen (secondary N) is 1. The van der Waals surface area contributed by atoms with Crippen molar-refractivity contribution in [2.75, 3.05) is 6.54 Å². The van der Waals surface area contributed by atoms with Gasteiger partial charge in [-0.25, -0.2) is 4.79 Å². The smallest absolute Gasteiger partial charge is 0.404 e. The number of rotatable bonds is 3. The number of amides is 1.